The van der Waals surface area contributed by atoms with Crippen LogP contribution in [0.2, 0.25) is 0 Å². The lowest BCUT2D eigenvalue weighted by Crippen LogP contribution is -2.30. The number of alkyl halides is 4. The molecule has 0 aliphatic carbocycles. The zero-order valence-electron chi connectivity index (χ0n) is 17.2. The SMILES string of the molecule is C[C@H](NC(=O)c1cc(C(F)F)cc(C(F)F)c1)c1ncnn1C1NC=C(C(=O)N(C)C)S1. The van der Waals surface area contributed by atoms with Crippen molar-refractivity contribution in [1.29, 1.82) is 0 Å². The van der Waals surface area contributed by atoms with Gasteiger partial charge in [-0.05, 0) is 25.1 Å². The number of nitrogens with zero attached hydrogens (tertiary/aromatic N) is 4. The summed E-state index contributed by atoms with van der Waals surface area (Å²) in [5.74, 6) is -0.693. The zero-order chi connectivity index (χ0) is 23.6. The molecule has 0 saturated carbocycles. The second kappa shape index (κ2) is 9.59. The lowest BCUT2D eigenvalue weighted by atomic mass is 10.0. The predicted molar refractivity (Wildman–Crippen MR) is 109 cm³/mol. The Kier molecular flexibility index (Phi) is 7.06. The summed E-state index contributed by atoms with van der Waals surface area (Å²) in [6, 6.07) is 1.68. The van der Waals surface area contributed by atoms with Crippen LogP contribution in [0, 0.1) is 0 Å². The number of halogens is 4. The van der Waals surface area contributed by atoms with Crippen LogP contribution in [0.15, 0.2) is 35.6 Å². The normalized spacial score (nSPS) is 16.7. The van der Waals surface area contributed by atoms with E-state index < -0.39 is 41.4 Å². The third-order valence-corrected chi connectivity index (χ3v) is 5.62. The minimum absolute atomic E-state index is 0.193. The average Bonchev–Trinajstić information content (AvgIpc) is 3.41. The van der Waals surface area contributed by atoms with Crippen LogP contribution in [-0.4, -0.2) is 45.6 Å². The summed E-state index contributed by atoms with van der Waals surface area (Å²) in [5, 5.41) is 9.69. The van der Waals surface area contributed by atoms with Crippen LogP contribution in [0.25, 0.3) is 0 Å². The van der Waals surface area contributed by atoms with Crippen molar-refractivity contribution >= 4 is 23.6 Å². The van der Waals surface area contributed by atoms with Crippen molar-refractivity contribution in [3.05, 3.63) is 58.1 Å². The van der Waals surface area contributed by atoms with E-state index in [1.54, 1.807) is 27.2 Å². The van der Waals surface area contributed by atoms with E-state index in [1.165, 1.54) is 27.7 Å². The topological polar surface area (TPSA) is 92.1 Å². The van der Waals surface area contributed by atoms with Gasteiger partial charge in [0.15, 0.2) is 11.3 Å². The van der Waals surface area contributed by atoms with Gasteiger partial charge in [-0.2, -0.15) is 5.10 Å². The smallest absolute Gasteiger partial charge is 0.263 e. The number of hydrogen-bond donors (Lipinski definition) is 2. The molecule has 2 heterocycles. The van der Waals surface area contributed by atoms with Crippen LogP contribution in [0.4, 0.5) is 17.6 Å². The Morgan fingerprint density at radius 2 is 1.78 bits per heavy atom. The summed E-state index contributed by atoms with van der Waals surface area (Å²) in [7, 11) is 3.25. The fourth-order valence-corrected chi connectivity index (χ4v) is 4.00. The highest BCUT2D eigenvalue weighted by molar-refractivity contribution is 8.04. The molecule has 3 rings (SSSR count). The quantitative estimate of drug-likeness (QED) is 0.601. The highest BCUT2D eigenvalue weighted by atomic mass is 32.2. The predicted octanol–water partition coefficient (Wildman–Crippen LogP) is 3.37. The van der Waals surface area contributed by atoms with Gasteiger partial charge in [-0.25, -0.2) is 27.2 Å². The van der Waals surface area contributed by atoms with E-state index in [0.29, 0.717) is 16.8 Å². The summed E-state index contributed by atoms with van der Waals surface area (Å²) < 4.78 is 53.7. The van der Waals surface area contributed by atoms with Crippen LogP contribution in [0.3, 0.4) is 0 Å². The Morgan fingerprint density at radius 1 is 1.16 bits per heavy atom. The highest BCUT2D eigenvalue weighted by Gasteiger charge is 2.29. The first-order valence-electron chi connectivity index (χ1n) is 9.34. The number of likely N-dealkylation sites (N-methyl/N-ethyl adjacent to an activating group) is 1. The van der Waals surface area contributed by atoms with Crippen molar-refractivity contribution in [3.8, 4) is 0 Å². The maximum Gasteiger partial charge on any atom is 0.263 e. The number of benzene rings is 1. The number of carbonyl (C=O) groups is 2. The third kappa shape index (κ3) is 5.03. The zero-order valence-corrected chi connectivity index (χ0v) is 18.0. The minimum atomic E-state index is -3.00. The molecule has 32 heavy (non-hydrogen) atoms. The van der Waals surface area contributed by atoms with Crippen LogP contribution >= 0.6 is 11.8 Å². The molecule has 1 aromatic carbocycles. The highest BCUT2D eigenvalue weighted by Crippen LogP contribution is 2.35. The summed E-state index contributed by atoms with van der Waals surface area (Å²) >= 11 is 1.20. The number of rotatable bonds is 7. The first-order chi connectivity index (χ1) is 15.1. The summed E-state index contributed by atoms with van der Waals surface area (Å²) in [4.78, 5) is 30.7. The molecule has 1 aliphatic rings. The molecular formula is C19H20F4N6O2S. The molecule has 1 aromatic heterocycles. The average molecular weight is 472 g/mol. The fourth-order valence-electron chi connectivity index (χ4n) is 2.94. The number of carbonyl (C=O) groups excluding carboxylic acids is 2. The Hall–Kier alpha value is -3.09. The lowest BCUT2D eigenvalue weighted by molar-refractivity contribution is -0.123. The van der Waals surface area contributed by atoms with Crippen molar-refractivity contribution in [2.45, 2.75) is 31.3 Å². The molecule has 1 unspecified atom stereocenters. The van der Waals surface area contributed by atoms with Crippen molar-refractivity contribution in [2.24, 2.45) is 0 Å². The molecule has 2 amide bonds. The van der Waals surface area contributed by atoms with Crippen molar-refractivity contribution in [3.63, 3.8) is 0 Å². The first kappa shape index (κ1) is 23.6. The van der Waals surface area contributed by atoms with Gasteiger partial charge in [0, 0.05) is 37.0 Å². The standard InChI is InChI=1S/C19H20F4N6O2S/c1-9(27-17(30)12-5-10(14(20)21)4-11(6-12)15(22)23)16-25-8-26-29(16)19-24-7-13(32-19)18(31)28(2)3/h4-9,14-15,19,24H,1-3H3,(H,27,30)/t9-,19?/m0/s1. The van der Waals surface area contributed by atoms with Gasteiger partial charge in [-0.3, -0.25) is 9.59 Å². The molecule has 0 saturated heterocycles. The molecular weight excluding hydrogens is 452 g/mol. The Morgan fingerprint density at radius 3 is 2.34 bits per heavy atom. The molecule has 0 spiro atoms. The van der Waals surface area contributed by atoms with E-state index in [9.17, 15) is 27.2 Å². The van der Waals surface area contributed by atoms with Gasteiger partial charge < -0.3 is 15.5 Å². The number of thioether (sulfide) groups is 1. The van der Waals surface area contributed by atoms with Crippen molar-refractivity contribution < 1.29 is 27.2 Å². The maximum absolute atomic E-state index is 13.1. The van der Waals surface area contributed by atoms with Crippen molar-refractivity contribution in [2.75, 3.05) is 14.1 Å². The molecule has 2 aromatic rings. The molecule has 0 radical (unpaired) electrons. The van der Waals surface area contributed by atoms with E-state index in [-0.39, 0.29) is 11.5 Å². The second-order valence-electron chi connectivity index (χ2n) is 7.09. The van der Waals surface area contributed by atoms with Crippen LogP contribution < -0.4 is 10.6 Å². The largest absolute Gasteiger partial charge is 0.360 e. The van der Waals surface area contributed by atoms with Crippen LogP contribution in [0.1, 0.15) is 58.6 Å². The van der Waals surface area contributed by atoms with E-state index in [2.05, 4.69) is 20.7 Å². The van der Waals surface area contributed by atoms with Crippen molar-refractivity contribution in [1.82, 2.24) is 30.3 Å². The first-order valence-corrected chi connectivity index (χ1v) is 10.2. The van der Waals surface area contributed by atoms with Gasteiger partial charge in [0.1, 0.15) is 6.33 Å². The number of aromatic nitrogens is 3. The van der Waals surface area contributed by atoms with E-state index in [4.69, 9.17) is 0 Å². The Balaban J connectivity index is 1.76. The molecule has 172 valence electrons. The van der Waals surface area contributed by atoms with Gasteiger partial charge in [0.05, 0.1) is 10.9 Å². The summed E-state index contributed by atoms with van der Waals surface area (Å²) in [6.07, 6.45) is -3.19. The third-order valence-electron chi connectivity index (χ3n) is 4.51. The second-order valence-corrected chi connectivity index (χ2v) is 8.21. The Labute approximate surface area is 185 Å². The number of nitrogens with one attached hydrogen (secondary N) is 2. The van der Waals surface area contributed by atoms with Crippen LogP contribution in [-0.2, 0) is 4.79 Å². The number of hydrogen-bond acceptors (Lipinski definition) is 6. The van der Waals surface area contributed by atoms with E-state index in [0.717, 1.165) is 12.1 Å². The fraction of sp³-hybridized carbons (Fsp3) is 0.368. The van der Waals surface area contributed by atoms with Gasteiger partial charge >= 0.3 is 0 Å². The molecule has 0 bridgehead atoms. The van der Waals surface area contributed by atoms with E-state index >= 15 is 0 Å². The molecule has 1 aliphatic heterocycles. The van der Waals surface area contributed by atoms with Gasteiger partial charge in [-0.15, -0.1) is 0 Å². The Bertz CT molecular complexity index is 1020. The summed E-state index contributed by atoms with van der Waals surface area (Å²) in [5.41, 5.74) is -2.15. The van der Waals surface area contributed by atoms with Crippen LogP contribution in [0.5, 0.6) is 0 Å². The minimum Gasteiger partial charge on any atom is -0.360 e. The van der Waals surface area contributed by atoms with Gasteiger partial charge in [-0.1, -0.05) is 11.8 Å². The summed E-state index contributed by atoms with van der Waals surface area (Å²) in [6.45, 7) is 1.59. The lowest BCUT2D eigenvalue weighted by Gasteiger charge is -2.19. The van der Waals surface area contributed by atoms with Gasteiger partial charge in [0.2, 0.25) is 0 Å². The molecule has 0 fully saturated rings. The number of amides is 2. The maximum atomic E-state index is 13.1. The molecule has 13 heteroatoms. The molecule has 2 atom stereocenters. The molecule has 8 nitrogen and oxygen atoms in total. The monoisotopic (exact) mass is 472 g/mol. The van der Waals surface area contributed by atoms with E-state index in [1.807, 2.05) is 0 Å². The molecule has 2 N–H and O–H groups in total. The van der Waals surface area contributed by atoms with Gasteiger partial charge in [0.25, 0.3) is 24.7 Å².